The summed E-state index contributed by atoms with van der Waals surface area (Å²) in [6.45, 7) is 0. The largest absolute Gasteiger partial charge is 1.00 e. The molecule has 0 bridgehead atoms. The molecule has 0 aromatic heterocycles. The molecule has 0 fully saturated rings. The number of carbonyl (C=O) groups is 4. The summed E-state index contributed by atoms with van der Waals surface area (Å²) in [5.74, 6) is -7.66. The van der Waals surface area contributed by atoms with Gasteiger partial charge >= 0.3 is 69.3 Å². The first kappa shape index (κ1) is 23.7. The molecule has 8 nitrogen and oxygen atoms in total. The van der Waals surface area contributed by atoms with Crippen LogP contribution in [0, 0.1) is 0 Å². The van der Waals surface area contributed by atoms with Crippen LogP contribution >= 0.6 is 0 Å². The molecule has 0 heterocycles. The first-order chi connectivity index (χ1) is 5.29. The third kappa shape index (κ3) is 22.7. The molecule has 3 N–H and O–H groups in total. The van der Waals surface area contributed by atoms with E-state index in [0.717, 1.165) is 0 Å². The van der Waals surface area contributed by atoms with E-state index in [0.29, 0.717) is 0 Å². The number of carbonyl (C=O) groups excluding carboxylic acids is 1. The fraction of sp³-hybridized carbons (Fsp3) is 0. The first-order valence-electron chi connectivity index (χ1n) is 2.19. The van der Waals surface area contributed by atoms with Gasteiger partial charge in [0.2, 0.25) is 0 Å². The van der Waals surface area contributed by atoms with Gasteiger partial charge in [-0.15, -0.1) is 0 Å². The zero-order valence-electron chi connectivity index (χ0n) is 6.72. The molecule has 14 heavy (non-hydrogen) atoms. The maximum atomic E-state index is 9.10. The number of hydrogen-bond acceptors (Lipinski definition) is 5. The van der Waals surface area contributed by atoms with Crippen LogP contribution in [-0.2, 0) is 38.7 Å². The van der Waals surface area contributed by atoms with Crippen molar-refractivity contribution in [3.05, 3.63) is 0 Å². The topological polar surface area (TPSA) is 152 Å². The van der Waals surface area contributed by atoms with E-state index >= 15 is 0 Å². The summed E-state index contributed by atoms with van der Waals surface area (Å²) in [6.07, 6.45) is 0. The number of aliphatic carboxylic acids is 4. The van der Waals surface area contributed by atoms with E-state index in [1.807, 2.05) is 0 Å². The Morgan fingerprint density at radius 2 is 0.929 bits per heavy atom. The zero-order chi connectivity index (χ0) is 10.3. The molecule has 0 unspecified atom stereocenters. The molecule has 77 valence electrons. The van der Waals surface area contributed by atoms with Crippen molar-refractivity contribution >= 4 is 23.9 Å². The number of carboxylic acid groups (broad SMARTS) is 4. The van der Waals surface area contributed by atoms with E-state index in [1.165, 1.54) is 0 Å². The van der Waals surface area contributed by atoms with Gasteiger partial charge in [0.25, 0.3) is 0 Å². The first-order valence-corrected chi connectivity index (χ1v) is 2.19. The molecular weight excluding hydrogens is 318 g/mol. The maximum Gasteiger partial charge on any atom is 1.00 e. The van der Waals surface area contributed by atoms with E-state index in [-0.39, 0.29) is 70.9 Å². The van der Waals surface area contributed by atoms with Gasteiger partial charge in [-0.3, -0.25) is 0 Å². The predicted molar refractivity (Wildman–Crippen MR) is 27.9 cm³/mol. The molecule has 0 amide bonds. The second-order valence-corrected chi connectivity index (χ2v) is 1.20. The molecule has 0 spiro atoms. The van der Waals surface area contributed by atoms with E-state index < -0.39 is 23.9 Å². The van der Waals surface area contributed by atoms with Crippen molar-refractivity contribution in [3.63, 3.8) is 0 Å². The average Bonchev–Trinajstić information content (AvgIpc) is 1.88. The van der Waals surface area contributed by atoms with Gasteiger partial charge in [-0.25, -0.2) is 14.4 Å². The van der Waals surface area contributed by atoms with Crippen LogP contribution in [0.1, 0.15) is 0 Å². The summed E-state index contributed by atoms with van der Waals surface area (Å²) in [6, 6.07) is 0. The van der Waals surface area contributed by atoms with E-state index in [9.17, 15) is 0 Å². The van der Waals surface area contributed by atoms with Gasteiger partial charge in [-0.1, -0.05) is 0 Å². The van der Waals surface area contributed by atoms with Gasteiger partial charge in [-0.2, -0.15) is 0 Å². The van der Waals surface area contributed by atoms with Crippen LogP contribution < -0.4 is 56.5 Å². The summed E-state index contributed by atoms with van der Waals surface area (Å²) in [5.41, 5.74) is 0. The fourth-order valence-electron chi connectivity index (χ4n) is 0. The SMILES string of the molecule is O=C(O)C(=O)O.O=C([O-])C(=O)O.[K+].[Rh]. The quantitative estimate of drug-likeness (QED) is 0.294. The molecule has 0 aromatic rings. The number of rotatable bonds is 0. The minimum atomic E-state index is -2.07. The van der Waals surface area contributed by atoms with E-state index in [4.69, 9.17) is 39.6 Å². The van der Waals surface area contributed by atoms with Gasteiger partial charge in [-0.05, 0) is 0 Å². The molecule has 0 aliphatic rings. The molecular formula is C4H3KO8Rh. The summed E-state index contributed by atoms with van der Waals surface area (Å²) in [5, 5.41) is 31.1. The monoisotopic (exact) mass is 321 g/mol. The van der Waals surface area contributed by atoms with Crippen molar-refractivity contribution in [2.24, 2.45) is 0 Å². The van der Waals surface area contributed by atoms with Crippen molar-refractivity contribution in [2.75, 3.05) is 0 Å². The normalized spacial score (nSPS) is 6.29. The van der Waals surface area contributed by atoms with Crippen molar-refractivity contribution in [1.29, 1.82) is 0 Å². The van der Waals surface area contributed by atoms with Crippen LogP contribution in [0.25, 0.3) is 0 Å². The smallest absolute Gasteiger partial charge is 0.539 e. The molecule has 1 radical (unpaired) electrons. The van der Waals surface area contributed by atoms with Crippen LogP contribution in [0.4, 0.5) is 0 Å². The Morgan fingerprint density at radius 1 is 0.786 bits per heavy atom. The summed E-state index contributed by atoms with van der Waals surface area (Å²) < 4.78 is 0. The summed E-state index contributed by atoms with van der Waals surface area (Å²) >= 11 is 0. The molecule has 10 heteroatoms. The Labute approximate surface area is 132 Å². The van der Waals surface area contributed by atoms with Gasteiger partial charge < -0.3 is 25.2 Å². The van der Waals surface area contributed by atoms with Gasteiger partial charge in [0.15, 0.2) is 5.97 Å². The minimum absolute atomic E-state index is 0. The Bertz CT molecular complexity index is 177. The number of carboxylic acids is 4. The van der Waals surface area contributed by atoms with Gasteiger partial charge in [0, 0.05) is 19.5 Å². The van der Waals surface area contributed by atoms with Crippen LogP contribution in [-0.4, -0.2) is 39.2 Å². The standard InChI is InChI=1S/2C2H2O4.K.Rh/c2*3-1(4)2(5)6;;/h2*(H,3,4)(H,5,6);;/q;;+1;/p-1. The Kier molecular flexibility index (Phi) is 22.3. The second kappa shape index (κ2) is 13.1. The Morgan fingerprint density at radius 3 is 0.929 bits per heavy atom. The molecule has 0 saturated heterocycles. The van der Waals surface area contributed by atoms with Crippen LogP contribution in [0.5, 0.6) is 0 Å². The molecule has 0 aliphatic heterocycles. The summed E-state index contributed by atoms with van der Waals surface area (Å²) in [7, 11) is 0. The van der Waals surface area contributed by atoms with Crippen molar-refractivity contribution < 1.29 is 110 Å². The predicted octanol–water partition coefficient (Wildman–Crippen LogP) is -6.02. The van der Waals surface area contributed by atoms with Crippen LogP contribution in [0.3, 0.4) is 0 Å². The minimum Gasteiger partial charge on any atom is -0.539 e. The molecule has 0 atom stereocenters. The molecule has 0 aliphatic carbocycles. The van der Waals surface area contributed by atoms with Crippen molar-refractivity contribution in [2.45, 2.75) is 0 Å². The second-order valence-electron chi connectivity index (χ2n) is 1.20. The Hall–Kier alpha value is 0.140. The number of hydrogen-bond donors (Lipinski definition) is 3. The third-order valence-electron chi connectivity index (χ3n) is 0.358. The zero-order valence-corrected chi connectivity index (χ0v) is 11.5. The Balaban J connectivity index is -0.0000000625. The molecule has 0 rings (SSSR count). The van der Waals surface area contributed by atoms with Crippen LogP contribution in [0.15, 0.2) is 0 Å². The van der Waals surface area contributed by atoms with Gasteiger partial charge in [0.1, 0.15) is 0 Å². The third-order valence-corrected chi connectivity index (χ3v) is 0.358. The average molecular weight is 321 g/mol. The van der Waals surface area contributed by atoms with E-state index in [1.54, 1.807) is 0 Å². The fourth-order valence-corrected chi connectivity index (χ4v) is 0. The summed E-state index contributed by atoms with van der Waals surface area (Å²) in [4.78, 5) is 36.2. The van der Waals surface area contributed by atoms with Crippen LogP contribution in [0.2, 0.25) is 0 Å². The van der Waals surface area contributed by atoms with Gasteiger partial charge in [0.05, 0.1) is 0 Å². The maximum absolute atomic E-state index is 9.10. The molecule has 0 aromatic carbocycles. The van der Waals surface area contributed by atoms with Crippen molar-refractivity contribution in [1.82, 2.24) is 0 Å². The van der Waals surface area contributed by atoms with E-state index in [2.05, 4.69) is 0 Å². The molecule has 0 saturated carbocycles. The van der Waals surface area contributed by atoms with Crippen molar-refractivity contribution in [3.8, 4) is 0 Å².